The third kappa shape index (κ3) is 4.79. The predicted molar refractivity (Wildman–Crippen MR) is 90.8 cm³/mol. The lowest BCUT2D eigenvalue weighted by Crippen LogP contribution is -2.59. The van der Waals surface area contributed by atoms with Crippen LogP contribution in [0.1, 0.15) is 31.1 Å². The Kier molecular flexibility index (Phi) is 5.96. The van der Waals surface area contributed by atoms with Crippen LogP contribution >= 0.6 is 0 Å². The van der Waals surface area contributed by atoms with Gasteiger partial charge in [0.2, 0.25) is 0 Å². The fraction of sp³-hybridized carbons (Fsp3) is 0.556. The van der Waals surface area contributed by atoms with Crippen LogP contribution in [0, 0.1) is 0 Å². The molecular weight excluding hydrogens is 308 g/mol. The van der Waals surface area contributed by atoms with E-state index in [1.54, 1.807) is 24.3 Å². The highest BCUT2D eigenvalue weighted by molar-refractivity contribution is 5.94. The van der Waals surface area contributed by atoms with Crippen molar-refractivity contribution >= 4 is 11.9 Å². The molecule has 1 saturated heterocycles. The Morgan fingerprint density at radius 1 is 1.38 bits per heavy atom. The van der Waals surface area contributed by atoms with Gasteiger partial charge in [-0.2, -0.15) is 0 Å². The first-order valence-electron chi connectivity index (χ1n) is 8.15. The highest BCUT2D eigenvalue weighted by Crippen LogP contribution is 2.22. The number of nitrogens with zero attached hydrogens (tertiary/aromatic N) is 1. The third-order valence-corrected chi connectivity index (χ3v) is 4.00. The zero-order chi connectivity index (χ0) is 17.7. The van der Waals surface area contributed by atoms with Gasteiger partial charge >= 0.3 is 5.97 Å². The molecule has 0 radical (unpaired) electrons. The van der Waals surface area contributed by atoms with Gasteiger partial charge in [-0.15, -0.1) is 0 Å². The van der Waals surface area contributed by atoms with Gasteiger partial charge in [-0.25, -0.2) is 0 Å². The van der Waals surface area contributed by atoms with E-state index in [2.05, 4.69) is 5.32 Å². The quantitative estimate of drug-likeness (QED) is 0.826. The normalized spacial score (nSPS) is 21.8. The topological polar surface area (TPSA) is 67.9 Å². The summed E-state index contributed by atoms with van der Waals surface area (Å²) in [6.45, 7) is 7.37. The average molecular weight is 334 g/mol. The lowest BCUT2D eigenvalue weighted by molar-refractivity contribution is -0.162. The summed E-state index contributed by atoms with van der Waals surface area (Å²) in [5.74, 6) is -0.557. The molecule has 1 aliphatic rings. The Labute approximate surface area is 143 Å². The van der Waals surface area contributed by atoms with Crippen LogP contribution in [0.2, 0.25) is 0 Å². The van der Waals surface area contributed by atoms with Crippen LogP contribution in [0.3, 0.4) is 0 Å². The molecule has 6 nitrogen and oxygen atoms in total. The average Bonchev–Trinajstić information content (AvgIpc) is 2.53. The van der Waals surface area contributed by atoms with Gasteiger partial charge in [-0.05, 0) is 32.9 Å². The summed E-state index contributed by atoms with van der Waals surface area (Å²) in [6.07, 6.45) is 0.00531. The fourth-order valence-electron chi connectivity index (χ4n) is 3.12. The van der Waals surface area contributed by atoms with Gasteiger partial charge in [0.15, 0.2) is 0 Å². The number of hydrogen-bond acceptors (Lipinski definition) is 5. The molecule has 132 valence electrons. The Hall–Kier alpha value is -1.92. The predicted octanol–water partition coefficient (Wildman–Crippen LogP) is 1.46. The molecule has 24 heavy (non-hydrogen) atoms. The second kappa shape index (κ2) is 7.77. The lowest BCUT2D eigenvalue weighted by atomic mass is 10.0. The standard InChI is InChI=1S/C18H26N2O4/c1-13-11-20(12-18(2,3)24-13)15(17(22)23-4)10-19-16(21)14-8-6-5-7-9-14/h5-9,13,15H,10-12H2,1-4H3,(H,19,21). The molecule has 1 fully saturated rings. The molecule has 2 atom stereocenters. The number of nitrogens with one attached hydrogen (secondary N) is 1. The van der Waals surface area contributed by atoms with Gasteiger partial charge in [0.1, 0.15) is 6.04 Å². The fourth-order valence-corrected chi connectivity index (χ4v) is 3.12. The molecule has 1 N–H and O–H groups in total. The van der Waals surface area contributed by atoms with E-state index in [0.717, 1.165) is 0 Å². The van der Waals surface area contributed by atoms with Gasteiger partial charge in [-0.1, -0.05) is 18.2 Å². The number of amides is 1. The number of morpholine rings is 1. The number of benzene rings is 1. The number of ether oxygens (including phenoxy) is 2. The highest BCUT2D eigenvalue weighted by Gasteiger charge is 2.37. The van der Waals surface area contributed by atoms with Gasteiger partial charge in [0.25, 0.3) is 5.91 Å². The van der Waals surface area contributed by atoms with Crippen molar-refractivity contribution in [3.63, 3.8) is 0 Å². The van der Waals surface area contributed by atoms with Crippen molar-refractivity contribution < 1.29 is 19.1 Å². The number of methoxy groups -OCH3 is 1. The number of esters is 1. The molecule has 1 aromatic rings. The summed E-state index contributed by atoms with van der Waals surface area (Å²) >= 11 is 0. The van der Waals surface area contributed by atoms with E-state index in [0.29, 0.717) is 18.7 Å². The lowest BCUT2D eigenvalue weighted by Gasteiger charge is -2.44. The SMILES string of the molecule is COC(=O)C(CNC(=O)c1ccccc1)N1CC(C)OC(C)(C)C1. The number of hydrogen-bond donors (Lipinski definition) is 1. The van der Waals surface area contributed by atoms with Crippen molar-refractivity contribution in [1.82, 2.24) is 10.2 Å². The molecule has 1 aliphatic heterocycles. The largest absolute Gasteiger partial charge is 0.468 e. The maximum atomic E-state index is 12.2. The zero-order valence-electron chi connectivity index (χ0n) is 14.7. The van der Waals surface area contributed by atoms with Crippen molar-refractivity contribution in [2.75, 3.05) is 26.7 Å². The molecule has 1 heterocycles. The first-order valence-corrected chi connectivity index (χ1v) is 8.15. The Bertz CT molecular complexity index is 574. The maximum Gasteiger partial charge on any atom is 0.324 e. The summed E-state index contributed by atoms with van der Waals surface area (Å²) in [7, 11) is 1.36. The van der Waals surface area contributed by atoms with Crippen molar-refractivity contribution in [2.24, 2.45) is 0 Å². The smallest absolute Gasteiger partial charge is 0.324 e. The van der Waals surface area contributed by atoms with Crippen LogP contribution in [0.4, 0.5) is 0 Å². The van der Waals surface area contributed by atoms with E-state index in [9.17, 15) is 9.59 Å². The van der Waals surface area contributed by atoms with Gasteiger partial charge in [0.05, 0.1) is 18.8 Å². The molecule has 0 aromatic heterocycles. The van der Waals surface area contributed by atoms with Crippen LogP contribution in [0.5, 0.6) is 0 Å². The van der Waals surface area contributed by atoms with Crippen LogP contribution in [0.25, 0.3) is 0 Å². The van der Waals surface area contributed by atoms with E-state index in [4.69, 9.17) is 9.47 Å². The van der Waals surface area contributed by atoms with Crippen molar-refractivity contribution in [1.29, 1.82) is 0 Å². The second-order valence-corrected chi connectivity index (χ2v) is 6.73. The molecule has 2 rings (SSSR count). The molecule has 1 aromatic carbocycles. The summed E-state index contributed by atoms with van der Waals surface area (Å²) in [5, 5.41) is 2.83. The first-order chi connectivity index (χ1) is 11.3. The minimum absolute atomic E-state index is 0.00531. The van der Waals surface area contributed by atoms with E-state index < -0.39 is 6.04 Å². The molecular formula is C18H26N2O4. The summed E-state index contributed by atoms with van der Waals surface area (Å²) in [4.78, 5) is 26.5. The Balaban J connectivity index is 2.06. The molecule has 0 saturated carbocycles. The van der Waals surface area contributed by atoms with E-state index in [1.807, 2.05) is 31.7 Å². The summed E-state index contributed by atoms with van der Waals surface area (Å²) in [5.41, 5.74) is 0.213. The molecule has 1 amide bonds. The Morgan fingerprint density at radius 2 is 2.04 bits per heavy atom. The van der Waals surface area contributed by atoms with Gasteiger partial charge in [0, 0.05) is 25.2 Å². The summed E-state index contributed by atoms with van der Waals surface area (Å²) in [6, 6.07) is 8.40. The number of carbonyl (C=O) groups excluding carboxylic acids is 2. The number of rotatable bonds is 5. The van der Waals surface area contributed by atoms with E-state index in [-0.39, 0.29) is 30.1 Å². The first kappa shape index (κ1) is 18.4. The second-order valence-electron chi connectivity index (χ2n) is 6.73. The van der Waals surface area contributed by atoms with Crippen LogP contribution in [-0.2, 0) is 14.3 Å². The van der Waals surface area contributed by atoms with Crippen LogP contribution < -0.4 is 5.32 Å². The Morgan fingerprint density at radius 3 is 2.62 bits per heavy atom. The molecule has 0 aliphatic carbocycles. The monoisotopic (exact) mass is 334 g/mol. The zero-order valence-corrected chi connectivity index (χ0v) is 14.7. The minimum Gasteiger partial charge on any atom is -0.468 e. The van der Waals surface area contributed by atoms with Crippen molar-refractivity contribution in [3.05, 3.63) is 35.9 Å². The highest BCUT2D eigenvalue weighted by atomic mass is 16.5. The molecule has 6 heteroatoms. The van der Waals surface area contributed by atoms with Gasteiger partial charge in [-0.3, -0.25) is 14.5 Å². The van der Waals surface area contributed by atoms with Crippen LogP contribution in [-0.4, -0.2) is 61.3 Å². The molecule has 0 bridgehead atoms. The third-order valence-electron chi connectivity index (χ3n) is 4.00. The van der Waals surface area contributed by atoms with E-state index in [1.165, 1.54) is 7.11 Å². The molecule has 2 unspecified atom stereocenters. The van der Waals surface area contributed by atoms with Crippen molar-refractivity contribution in [3.8, 4) is 0 Å². The maximum absolute atomic E-state index is 12.2. The van der Waals surface area contributed by atoms with Gasteiger partial charge < -0.3 is 14.8 Å². The number of carbonyl (C=O) groups is 2. The van der Waals surface area contributed by atoms with E-state index >= 15 is 0 Å². The van der Waals surface area contributed by atoms with Crippen molar-refractivity contribution in [2.45, 2.75) is 38.5 Å². The van der Waals surface area contributed by atoms with Crippen LogP contribution in [0.15, 0.2) is 30.3 Å². The molecule has 0 spiro atoms. The minimum atomic E-state index is -0.534. The summed E-state index contributed by atoms with van der Waals surface area (Å²) < 4.78 is 10.8.